The second kappa shape index (κ2) is 6.22. The standard InChI is InChI=1S/C15H26N2O4/c1-15(2,3)21-14(19)17-12(13(18)20-4)9-7-10-5-6-11(8-9)16-10/h9-12,16H,5-8H2,1-4H3,(H,17,19)/t9?,10?,11?,12-/m0/s1. The summed E-state index contributed by atoms with van der Waals surface area (Å²) in [6, 6.07) is 0.262. The molecule has 6 heteroatoms. The first-order valence-electron chi connectivity index (χ1n) is 7.62. The van der Waals surface area contributed by atoms with Crippen LogP contribution in [0.15, 0.2) is 0 Å². The normalized spacial score (nSPS) is 29.6. The molecule has 6 nitrogen and oxygen atoms in total. The van der Waals surface area contributed by atoms with Crippen LogP contribution in [0.25, 0.3) is 0 Å². The van der Waals surface area contributed by atoms with Crippen LogP contribution in [0.3, 0.4) is 0 Å². The molecule has 2 heterocycles. The van der Waals surface area contributed by atoms with Gasteiger partial charge in [-0.25, -0.2) is 9.59 Å². The molecule has 1 amide bonds. The fraction of sp³-hybridized carbons (Fsp3) is 0.867. The van der Waals surface area contributed by atoms with Gasteiger partial charge in [0.05, 0.1) is 7.11 Å². The number of nitrogens with one attached hydrogen (secondary N) is 2. The van der Waals surface area contributed by atoms with Gasteiger partial charge in [-0.1, -0.05) is 0 Å². The number of fused-ring (bicyclic) bond motifs is 2. The van der Waals surface area contributed by atoms with E-state index in [2.05, 4.69) is 10.6 Å². The molecule has 3 atom stereocenters. The highest BCUT2D eigenvalue weighted by Gasteiger charge is 2.41. The van der Waals surface area contributed by atoms with Crippen molar-refractivity contribution in [1.82, 2.24) is 10.6 Å². The van der Waals surface area contributed by atoms with E-state index < -0.39 is 23.7 Å². The first-order chi connectivity index (χ1) is 9.78. The molecule has 0 aromatic rings. The lowest BCUT2D eigenvalue weighted by Crippen LogP contribution is -2.52. The highest BCUT2D eigenvalue weighted by molar-refractivity contribution is 5.81. The fourth-order valence-electron chi connectivity index (χ4n) is 3.30. The first kappa shape index (κ1) is 16.1. The molecule has 2 saturated heterocycles. The van der Waals surface area contributed by atoms with Gasteiger partial charge in [-0.15, -0.1) is 0 Å². The summed E-state index contributed by atoms with van der Waals surface area (Å²) in [6.07, 6.45) is 3.48. The van der Waals surface area contributed by atoms with Gasteiger partial charge >= 0.3 is 12.1 Å². The summed E-state index contributed by atoms with van der Waals surface area (Å²) in [5, 5.41) is 6.23. The molecule has 0 radical (unpaired) electrons. The van der Waals surface area contributed by atoms with Crippen molar-refractivity contribution in [2.45, 2.75) is 70.2 Å². The average molecular weight is 298 g/mol. The van der Waals surface area contributed by atoms with Crippen molar-refractivity contribution in [3.63, 3.8) is 0 Å². The lowest BCUT2D eigenvalue weighted by atomic mass is 9.86. The number of amides is 1. The molecule has 0 spiro atoms. The number of carbonyl (C=O) groups excluding carboxylic acids is 2. The Morgan fingerprint density at radius 1 is 1.19 bits per heavy atom. The van der Waals surface area contributed by atoms with Crippen LogP contribution in [0, 0.1) is 5.92 Å². The molecule has 2 N–H and O–H groups in total. The van der Waals surface area contributed by atoms with Crippen LogP contribution >= 0.6 is 0 Å². The molecule has 0 aliphatic carbocycles. The fourth-order valence-corrected chi connectivity index (χ4v) is 3.30. The van der Waals surface area contributed by atoms with Gasteiger partial charge < -0.3 is 20.1 Å². The Kier molecular flexibility index (Phi) is 4.76. The second-order valence-corrected chi connectivity index (χ2v) is 7.02. The zero-order chi connectivity index (χ0) is 15.6. The van der Waals surface area contributed by atoms with Gasteiger partial charge in [0.2, 0.25) is 0 Å². The summed E-state index contributed by atoms with van der Waals surface area (Å²) in [6.45, 7) is 5.39. The smallest absolute Gasteiger partial charge is 0.408 e. The Balaban J connectivity index is 2.01. The molecule has 0 aromatic heterocycles. The maximum Gasteiger partial charge on any atom is 0.408 e. The lowest BCUT2D eigenvalue weighted by Gasteiger charge is -2.34. The number of hydrogen-bond acceptors (Lipinski definition) is 5. The van der Waals surface area contributed by atoms with Crippen LogP contribution in [0.4, 0.5) is 4.79 Å². The molecule has 0 aromatic carbocycles. The zero-order valence-corrected chi connectivity index (χ0v) is 13.3. The molecular weight excluding hydrogens is 272 g/mol. The molecule has 2 rings (SSSR count). The number of methoxy groups -OCH3 is 1. The van der Waals surface area contributed by atoms with Crippen LogP contribution in [0.5, 0.6) is 0 Å². The molecular formula is C15H26N2O4. The number of piperidine rings is 1. The third kappa shape index (κ3) is 4.33. The lowest BCUT2D eigenvalue weighted by molar-refractivity contribution is -0.145. The Hall–Kier alpha value is -1.30. The minimum absolute atomic E-state index is 0.101. The van der Waals surface area contributed by atoms with Crippen LogP contribution < -0.4 is 10.6 Å². The van der Waals surface area contributed by atoms with Crippen LogP contribution in [-0.2, 0) is 14.3 Å². The summed E-state index contributed by atoms with van der Waals surface area (Å²) in [5.74, 6) is -0.295. The third-order valence-corrected chi connectivity index (χ3v) is 4.11. The Morgan fingerprint density at radius 3 is 2.24 bits per heavy atom. The highest BCUT2D eigenvalue weighted by atomic mass is 16.6. The van der Waals surface area contributed by atoms with Crippen molar-refractivity contribution in [3.05, 3.63) is 0 Å². The van der Waals surface area contributed by atoms with Gasteiger partial charge in [0.1, 0.15) is 11.6 Å². The predicted molar refractivity (Wildman–Crippen MR) is 77.8 cm³/mol. The zero-order valence-electron chi connectivity index (χ0n) is 13.3. The molecule has 2 aliphatic rings. The van der Waals surface area contributed by atoms with Crippen molar-refractivity contribution in [1.29, 1.82) is 0 Å². The average Bonchev–Trinajstić information content (AvgIpc) is 2.72. The van der Waals surface area contributed by atoms with E-state index in [0.29, 0.717) is 12.1 Å². The Labute approximate surface area is 125 Å². The molecule has 21 heavy (non-hydrogen) atoms. The number of ether oxygens (including phenoxy) is 2. The highest BCUT2D eigenvalue weighted by Crippen LogP contribution is 2.33. The quantitative estimate of drug-likeness (QED) is 0.774. The van der Waals surface area contributed by atoms with Gasteiger partial charge in [-0.05, 0) is 52.4 Å². The SMILES string of the molecule is COC(=O)[C@@H](NC(=O)OC(C)(C)C)C1CC2CCC(C1)N2. The van der Waals surface area contributed by atoms with Crippen LogP contribution in [0.1, 0.15) is 46.5 Å². The minimum Gasteiger partial charge on any atom is -0.467 e. The summed E-state index contributed by atoms with van der Waals surface area (Å²) in [7, 11) is 1.35. The van der Waals surface area contributed by atoms with Crippen molar-refractivity contribution >= 4 is 12.1 Å². The van der Waals surface area contributed by atoms with Crippen molar-refractivity contribution in [3.8, 4) is 0 Å². The van der Waals surface area contributed by atoms with E-state index in [9.17, 15) is 9.59 Å². The van der Waals surface area contributed by atoms with E-state index in [1.807, 2.05) is 0 Å². The molecule has 0 saturated carbocycles. The van der Waals surface area contributed by atoms with Crippen molar-refractivity contribution in [2.75, 3.05) is 7.11 Å². The molecule has 2 bridgehead atoms. The number of hydrogen-bond donors (Lipinski definition) is 2. The van der Waals surface area contributed by atoms with Crippen LogP contribution in [-0.4, -0.2) is 42.9 Å². The van der Waals surface area contributed by atoms with Gasteiger partial charge in [0, 0.05) is 12.1 Å². The van der Waals surface area contributed by atoms with Gasteiger partial charge in [0.15, 0.2) is 0 Å². The molecule has 2 unspecified atom stereocenters. The number of carbonyl (C=O) groups is 2. The predicted octanol–water partition coefficient (Wildman–Crippen LogP) is 1.58. The largest absolute Gasteiger partial charge is 0.467 e. The first-order valence-corrected chi connectivity index (χ1v) is 7.62. The van der Waals surface area contributed by atoms with Crippen molar-refractivity contribution < 1.29 is 19.1 Å². The Morgan fingerprint density at radius 2 is 1.76 bits per heavy atom. The van der Waals surface area contributed by atoms with E-state index in [4.69, 9.17) is 9.47 Å². The van der Waals surface area contributed by atoms with Crippen LogP contribution in [0.2, 0.25) is 0 Å². The van der Waals surface area contributed by atoms with E-state index in [-0.39, 0.29) is 5.92 Å². The van der Waals surface area contributed by atoms with E-state index in [1.54, 1.807) is 20.8 Å². The van der Waals surface area contributed by atoms with Gasteiger partial charge in [-0.3, -0.25) is 0 Å². The topological polar surface area (TPSA) is 76.7 Å². The summed E-state index contributed by atoms with van der Waals surface area (Å²) >= 11 is 0. The third-order valence-electron chi connectivity index (χ3n) is 4.11. The van der Waals surface area contributed by atoms with Crippen molar-refractivity contribution in [2.24, 2.45) is 5.92 Å². The summed E-state index contributed by atoms with van der Waals surface area (Å²) in [4.78, 5) is 24.0. The molecule has 2 fully saturated rings. The second-order valence-electron chi connectivity index (χ2n) is 7.02. The summed E-state index contributed by atoms with van der Waals surface area (Å²) in [5.41, 5.74) is -0.585. The summed E-state index contributed by atoms with van der Waals surface area (Å²) < 4.78 is 10.1. The molecule has 2 aliphatic heterocycles. The van der Waals surface area contributed by atoms with Gasteiger partial charge in [0.25, 0.3) is 0 Å². The monoisotopic (exact) mass is 298 g/mol. The number of alkyl carbamates (subject to hydrolysis) is 1. The van der Waals surface area contributed by atoms with E-state index in [1.165, 1.54) is 7.11 Å². The maximum atomic E-state index is 12.0. The number of esters is 1. The van der Waals surface area contributed by atoms with E-state index in [0.717, 1.165) is 25.7 Å². The van der Waals surface area contributed by atoms with Gasteiger partial charge in [-0.2, -0.15) is 0 Å². The maximum absolute atomic E-state index is 12.0. The van der Waals surface area contributed by atoms with E-state index >= 15 is 0 Å². The minimum atomic E-state index is -0.630. The number of rotatable bonds is 3. The Bertz CT molecular complexity index is 393. The molecule has 120 valence electrons.